The molecule has 1 atom stereocenters. The molecule has 0 spiro atoms. The number of imide groups is 1. The summed E-state index contributed by atoms with van der Waals surface area (Å²) in [6.07, 6.45) is -2.97. The molecule has 32 heavy (non-hydrogen) atoms. The maximum atomic E-state index is 13.0. The van der Waals surface area contributed by atoms with Crippen molar-refractivity contribution >= 4 is 17.8 Å². The molecule has 1 saturated carbocycles. The van der Waals surface area contributed by atoms with E-state index in [4.69, 9.17) is 4.74 Å². The lowest BCUT2D eigenvalue weighted by Crippen LogP contribution is -2.57. The van der Waals surface area contributed by atoms with Gasteiger partial charge in [-0.1, -0.05) is 12.1 Å². The van der Waals surface area contributed by atoms with Gasteiger partial charge in [-0.3, -0.25) is 14.9 Å². The molecule has 0 unspecified atom stereocenters. The van der Waals surface area contributed by atoms with Crippen molar-refractivity contribution in [3.8, 4) is 16.9 Å². The molecule has 0 radical (unpaired) electrons. The molecule has 2 aromatic carbocycles. The van der Waals surface area contributed by atoms with E-state index in [2.05, 4.69) is 16.0 Å². The van der Waals surface area contributed by atoms with Crippen LogP contribution in [0.1, 0.15) is 28.8 Å². The first-order valence-corrected chi connectivity index (χ1v) is 9.91. The van der Waals surface area contributed by atoms with E-state index in [-0.39, 0.29) is 18.0 Å². The predicted octanol–water partition coefficient (Wildman–Crippen LogP) is 3.10. The zero-order chi connectivity index (χ0) is 23.1. The number of benzene rings is 2. The Balaban J connectivity index is 1.61. The summed E-state index contributed by atoms with van der Waals surface area (Å²) < 4.78 is 43.9. The number of hydrogen-bond acceptors (Lipinski definition) is 4. The topological polar surface area (TPSA) is 96.5 Å². The number of nitrogens with one attached hydrogen (secondary N) is 3. The Kier molecular flexibility index (Phi) is 5.31. The van der Waals surface area contributed by atoms with Gasteiger partial charge in [0.25, 0.3) is 11.8 Å². The number of rotatable bonds is 6. The number of urea groups is 1. The molecule has 10 heteroatoms. The van der Waals surface area contributed by atoms with Crippen molar-refractivity contribution in [2.75, 3.05) is 13.7 Å². The van der Waals surface area contributed by atoms with E-state index in [9.17, 15) is 27.6 Å². The molecule has 168 valence electrons. The fourth-order valence-corrected chi connectivity index (χ4v) is 3.88. The van der Waals surface area contributed by atoms with E-state index in [1.807, 2.05) is 0 Å². The SMILES string of the molecule is COc1ccc(C(=O)NC[C@@]2(C3CC3)NC(=O)NC2=O)c(-c2ccc(C(F)(F)F)cc2)c1. The third-order valence-electron chi connectivity index (χ3n) is 5.77. The minimum atomic E-state index is -4.48. The number of alkyl halides is 3. The summed E-state index contributed by atoms with van der Waals surface area (Å²) in [4.78, 5) is 37.1. The molecule has 1 aliphatic carbocycles. The van der Waals surface area contributed by atoms with Crippen molar-refractivity contribution in [3.63, 3.8) is 0 Å². The zero-order valence-electron chi connectivity index (χ0n) is 17.0. The van der Waals surface area contributed by atoms with Crippen molar-refractivity contribution in [1.29, 1.82) is 0 Å². The third kappa shape index (κ3) is 4.00. The lowest BCUT2D eigenvalue weighted by atomic mass is 9.92. The van der Waals surface area contributed by atoms with Crippen LogP contribution in [0, 0.1) is 5.92 Å². The second-order valence-electron chi connectivity index (χ2n) is 7.82. The Morgan fingerprint density at radius 2 is 1.84 bits per heavy atom. The largest absolute Gasteiger partial charge is 0.497 e. The molecule has 4 rings (SSSR count). The molecule has 7 nitrogen and oxygen atoms in total. The van der Waals surface area contributed by atoms with Crippen LogP contribution in [0.15, 0.2) is 42.5 Å². The first-order chi connectivity index (χ1) is 15.1. The summed E-state index contributed by atoms with van der Waals surface area (Å²) in [5.41, 5.74) is -1.04. The highest BCUT2D eigenvalue weighted by Crippen LogP contribution is 2.41. The highest BCUT2D eigenvalue weighted by atomic mass is 19.4. The molecule has 1 heterocycles. The highest BCUT2D eigenvalue weighted by Gasteiger charge is 2.56. The molecule has 0 aromatic heterocycles. The van der Waals surface area contributed by atoms with Gasteiger partial charge in [0.1, 0.15) is 11.3 Å². The Labute approximate surface area is 181 Å². The standard InChI is InChI=1S/C22H20F3N3O4/c1-32-15-8-9-16(17(10-15)12-2-4-14(5-3-12)22(23,24)25)18(29)26-11-21(13-6-7-13)19(30)27-20(31)28-21/h2-5,8-10,13H,6-7,11H2,1H3,(H,26,29)(H2,27,28,30,31)/t21-/m0/s1. The smallest absolute Gasteiger partial charge is 0.416 e. The van der Waals surface area contributed by atoms with Gasteiger partial charge in [0.2, 0.25) is 0 Å². The number of carbonyl (C=O) groups is 3. The van der Waals surface area contributed by atoms with Gasteiger partial charge in [0.05, 0.1) is 19.2 Å². The van der Waals surface area contributed by atoms with Crippen molar-refractivity contribution < 1.29 is 32.3 Å². The maximum absolute atomic E-state index is 13.0. The normalized spacial score (nSPS) is 20.5. The third-order valence-corrected chi connectivity index (χ3v) is 5.77. The van der Waals surface area contributed by atoms with E-state index < -0.39 is 35.1 Å². The van der Waals surface area contributed by atoms with Crippen LogP contribution >= 0.6 is 0 Å². The van der Waals surface area contributed by atoms with Crippen LogP contribution in [0.3, 0.4) is 0 Å². The van der Waals surface area contributed by atoms with Gasteiger partial charge in [-0.15, -0.1) is 0 Å². The van der Waals surface area contributed by atoms with E-state index in [1.54, 1.807) is 12.1 Å². The van der Waals surface area contributed by atoms with Crippen molar-refractivity contribution in [3.05, 3.63) is 53.6 Å². The number of carbonyl (C=O) groups excluding carboxylic acids is 3. The second-order valence-corrected chi connectivity index (χ2v) is 7.82. The molecule has 2 aliphatic rings. The molecule has 2 aromatic rings. The van der Waals surface area contributed by atoms with Gasteiger partial charge in [0, 0.05) is 5.56 Å². The van der Waals surface area contributed by atoms with Gasteiger partial charge in [0.15, 0.2) is 0 Å². The van der Waals surface area contributed by atoms with Gasteiger partial charge in [-0.2, -0.15) is 13.2 Å². The molecule has 0 bridgehead atoms. The van der Waals surface area contributed by atoms with Crippen LogP contribution in [0.25, 0.3) is 11.1 Å². The summed E-state index contributed by atoms with van der Waals surface area (Å²) in [6, 6.07) is 8.45. The average Bonchev–Trinajstić information content (AvgIpc) is 3.57. The van der Waals surface area contributed by atoms with Gasteiger partial charge >= 0.3 is 12.2 Å². The van der Waals surface area contributed by atoms with Gasteiger partial charge in [-0.25, -0.2) is 4.79 Å². The van der Waals surface area contributed by atoms with E-state index >= 15 is 0 Å². The van der Waals surface area contributed by atoms with E-state index in [1.165, 1.54) is 25.3 Å². The number of hydrogen-bond donors (Lipinski definition) is 3. The fourth-order valence-electron chi connectivity index (χ4n) is 3.88. The summed E-state index contributed by atoms with van der Waals surface area (Å²) in [5.74, 6) is -0.660. The molecule has 3 N–H and O–H groups in total. The van der Waals surface area contributed by atoms with Crippen molar-refractivity contribution in [2.45, 2.75) is 24.6 Å². The number of halogens is 3. The second kappa shape index (κ2) is 7.85. The van der Waals surface area contributed by atoms with Crippen LogP contribution in [-0.2, 0) is 11.0 Å². The average molecular weight is 447 g/mol. The molecule has 1 aliphatic heterocycles. The Hall–Kier alpha value is -3.56. The van der Waals surface area contributed by atoms with Crippen molar-refractivity contribution in [1.82, 2.24) is 16.0 Å². The first kappa shape index (κ1) is 21.7. The lowest BCUT2D eigenvalue weighted by molar-refractivity contribution is -0.137. The first-order valence-electron chi connectivity index (χ1n) is 9.91. The van der Waals surface area contributed by atoms with Crippen molar-refractivity contribution in [2.24, 2.45) is 5.92 Å². The quantitative estimate of drug-likeness (QED) is 0.593. The molecule has 2 fully saturated rings. The van der Waals surface area contributed by atoms with Crippen LogP contribution < -0.4 is 20.7 Å². The zero-order valence-corrected chi connectivity index (χ0v) is 17.0. The number of methoxy groups -OCH3 is 1. The van der Waals surface area contributed by atoms with Crippen LogP contribution in [0.4, 0.5) is 18.0 Å². The summed E-state index contributed by atoms with van der Waals surface area (Å²) in [7, 11) is 1.44. The Morgan fingerprint density at radius 1 is 1.16 bits per heavy atom. The fraction of sp³-hybridized carbons (Fsp3) is 0.318. The predicted molar refractivity (Wildman–Crippen MR) is 108 cm³/mol. The monoisotopic (exact) mass is 447 g/mol. The molecule has 4 amide bonds. The lowest BCUT2D eigenvalue weighted by Gasteiger charge is -2.26. The summed E-state index contributed by atoms with van der Waals surface area (Å²) in [5, 5.41) is 7.55. The Bertz CT molecular complexity index is 1080. The summed E-state index contributed by atoms with van der Waals surface area (Å²) >= 11 is 0. The minimum Gasteiger partial charge on any atom is -0.497 e. The van der Waals surface area contributed by atoms with Crippen LogP contribution in [0.5, 0.6) is 5.75 Å². The summed E-state index contributed by atoms with van der Waals surface area (Å²) in [6.45, 7) is -0.105. The van der Waals surface area contributed by atoms with E-state index in [0.29, 0.717) is 16.9 Å². The minimum absolute atomic E-state index is 0.0699. The molecular weight excluding hydrogens is 427 g/mol. The molecule has 1 saturated heterocycles. The number of ether oxygens (including phenoxy) is 1. The van der Waals surface area contributed by atoms with Gasteiger partial charge in [-0.05, 0) is 60.2 Å². The van der Waals surface area contributed by atoms with Crippen LogP contribution in [-0.4, -0.2) is 37.0 Å². The Morgan fingerprint density at radius 3 is 2.38 bits per heavy atom. The van der Waals surface area contributed by atoms with Crippen LogP contribution in [0.2, 0.25) is 0 Å². The molecular formula is C22H20F3N3O4. The number of amides is 4. The van der Waals surface area contributed by atoms with Gasteiger partial charge < -0.3 is 15.4 Å². The van der Waals surface area contributed by atoms with E-state index in [0.717, 1.165) is 25.0 Å². The maximum Gasteiger partial charge on any atom is 0.416 e. The highest BCUT2D eigenvalue weighted by molar-refractivity contribution is 6.08.